The molecule has 0 saturated carbocycles. The Morgan fingerprint density at radius 1 is 1.42 bits per heavy atom. The van der Waals surface area contributed by atoms with Crippen molar-refractivity contribution >= 4 is 17.5 Å². The summed E-state index contributed by atoms with van der Waals surface area (Å²) in [5.74, 6) is 0.00178. The maximum atomic E-state index is 12.1. The molecule has 2 rings (SSSR count). The van der Waals surface area contributed by atoms with Gasteiger partial charge in [-0.15, -0.1) is 0 Å². The minimum Gasteiger partial charge on any atom is -0.350 e. The van der Waals surface area contributed by atoms with Crippen molar-refractivity contribution < 1.29 is 9.59 Å². The second-order valence-corrected chi connectivity index (χ2v) is 5.08. The van der Waals surface area contributed by atoms with Crippen LogP contribution in [0.1, 0.15) is 49.0 Å². The summed E-state index contributed by atoms with van der Waals surface area (Å²) >= 11 is 0. The van der Waals surface area contributed by atoms with E-state index in [0.717, 1.165) is 24.1 Å². The highest BCUT2D eigenvalue weighted by molar-refractivity contribution is 5.98. The molecule has 1 aliphatic rings. The van der Waals surface area contributed by atoms with Gasteiger partial charge in [-0.3, -0.25) is 9.59 Å². The summed E-state index contributed by atoms with van der Waals surface area (Å²) in [6, 6.07) is 5.64. The number of benzene rings is 1. The number of carbonyl (C=O) groups is 2. The Morgan fingerprint density at radius 3 is 2.95 bits per heavy atom. The highest BCUT2D eigenvalue weighted by Crippen LogP contribution is 2.23. The second-order valence-electron chi connectivity index (χ2n) is 5.08. The van der Waals surface area contributed by atoms with Gasteiger partial charge >= 0.3 is 0 Å². The first-order valence-corrected chi connectivity index (χ1v) is 6.83. The molecule has 0 aliphatic carbocycles. The zero-order valence-electron chi connectivity index (χ0n) is 11.5. The van der Waals surface area contributed by atoms with Gasteiger partial charge in [-0.05, 0) is 43.5 Å². The molecule has 1 aromatic carbocycles. The van der Waals surface area contributed by atoms with Crippen LogP contribution in [0.5, 0.6) is 0 Å². The lowest BCUT2D eigenvalue weighted by atomic mass is 10.00. The van der Waals surface area contributed by atoms with Crippen molar-refractivity contribution in [2.45, 2.75) is 45.6 Å². The fourth-order valence-electron chi connectivity index (χ4n) is 2.34. The SMILES string of the molecule is CCC[C@@H](C)NC(=O)c1ccc2c(c1)CCC(=O)N2. The van der Waals surface area contributed by atoms with E-state index in [1.165, 1.54) is 0 Å². The van der Waals surface area contributed by atoms with E-state index in [4.69, 9.17) is 0 Å². The van der Waals surface area contributed by atoms with Crippen LogP contribution in [0.15, 0.2) is 18.2 Å². The highest BCUT2D eigenvalue weighted by atomic mass is 16.2. The van der Waals surface area contributed by atoms with Crippen molar-refractivity contribution in [2.75, 3.05) is 5.32 Å². The number of hydrogen-bond donors (Lipinski definition) is 2. The molecule has 0 radical (unpaired) electrons. The molecule has 19 heavy (non-hydrogen) atoms. The number of aryl methyl sites for hydroxylation is 1. The van der Waals surface area contributed by atoms with Crippen molar-refractivity contribution in [3.63, 3.8) is 0 Å². The molecule has 0 spiro atoms. The number of rotatable bonds is 4. The number of hydrogen-bond acceptors (Lipinski definition) is 2. The molecule has 0 fully saturated rings. The lowest BCUT2D eigenvalue weighted by molar-refractivity contribution is -0.116. The molecular formula is C15H20N2O2. The zero-order chi connectivity index (χ0) is 13.8. The van der Waals surface area contributed by atoms with E-state index in [1.54, 1.807) is 6.07 Å². The third-order valence-electron chi connectivity index (χ3n) is 3.36. The Balaban J connectivity index is 2.09. The third-order valence-corrected chi connectivity index (χ3v) is 3.36. The Bertz CT molecular complexity index is 497. The van der Waals surface area contributed by atoms with Crippen molar-refractivity contribution in [3.05, 3.63) is 29.3 Å². The van der Waals surface area contributed by atoms with Crippen LogP contribution in [0.2, 0.25) is 0 Å². The number of anilines is 1. The van der Waals surface area contributed by atoms with Crippen molar-refractivity contribution in [1.29, 1.82) is 0 Å². The van der Waals surface area contributed by atoms with Gasteiger partial charge in [0.05, 0.1) is 0 Å². The molecule has 2 amide bonds. The van der Waals surface area contributed by atoms with E-state index in [9.17, 15) is 9.59 Å². The normalized spacial score (nSPS) is 15.4. The Labute approximate surface area is 113 Å². The first-order chi connectivity index (χ1) is 9.10. The number of carbonyl (C=O) groups excluding carboxylic acids is 2. The molecule has 0 aromatic heterocycles. The van der Waals surface area contributed by atoms with Gasteiger partial charge in [0.1, 0.15) is 0 Å². The van der Waals surface area contributed by atoms with E-state index < -0.39 is 0 Å². The predicted octanol–water partition coefficient (Wildman–Crippen LogP) is 2.49. The molecule has 2 N–H and O–H groups in total. The maximum absolute atomic E-state index is 12.1. The van der Waals surface area contributed by atoms with Crippen molar-refractivity contribution in [1.82, 2.24) is 5.32 Å². The lowest BCUT2D eigenvalue weighted by Gasteiger charge is -2.18. The molecule has 1 atom stereocenters. The lowest BCUT2D eigenvalue weighted by Crippen LogP contribution is -2.32. The van der Waals surface area contributed by atoms with Gasteiger partial charge < -0.3 is 10.6 Å². The second kappa shape index (κ2) is 5.87. The van der Waals surface area contributed by atoms with E-state index in [0.29, 0.717) is 18.4 Å². The standard InChI is InChI=1S/C15H20N2O2/c1-3-4-10(2)16-15(19)12-5-7-13-11(9-12)6-8-14(18)17-13/h5,7,9-10H,3-4,6,8H2,1-2H3,(H,16,19)(H,17,18)/t10-/m1/s1. The Kier molecular flexibility index (Phi) is 4.20. The highest BCUT2D eigenvalue weighted by Gasteiger charge is 2.17. The molecule has 1 aliphatic heterocycles. The smallest absolute Gasteiger partial charge is 0.251 e. The number of amides is 2. The quantitative estimate of drug-likeness (QED) is 0.873. The van der Waals surface area contributed by atoms with Crippen molar-refractivity contribution in [3.8, 4) is 0 Å². The topological polar surface area (TPSA) is 58.2 Å². The summed E-state index contributed by atoms with van der Waals surface area (Å²) in [7, 11) is 0. The van der Waals surface area contributed by atoms with Crippen LogP contribution >= 0.6 is 0 Å². The van der Waals surface area contributed by atoms with Crippen LogP contribution in [-0.4, -0.2) is 17.9 Å². The summed E-state index contributed by atoms with van der Waals surface area (Å²) in [5, 5.41) is 5.80. The fourth-order valence-corrected chi connectivity index (χ4v) is 2.34. The molecule has 0 saturated heterocycles. The molecule has 4 heteroatoms. The van der Waals surface area contributed by atoms with Crippen LogP contribution in [0, 0.1) is 0 Å². The third kappa shape index (κ3) is 3.34. The summed E-state index contributed by atoms with van der Waals surface area (Å²) in [6.45, 7) is 4.12. The molecule has 0 unspecified atom stereocenters. The van der Waals surface area contributed by atoms with Gasteiger partial charge in [-0.25, -0.2) is 0 Å². The van der Waals surface area contributed by atoms with Crippen LogP contribution in [0.3, 0.4) is 0 Å². The zero-order valence-corrected chi connectivity index (χ0v) is 11.5. The van der Waals surface area contributed by atoms with E-state index in [-0.39, 0.29) is 17.9 Å². The van der Waals surface area contributed by atoms with Gasteiger partial charge in [0.2, 0.25) is 5.91 Å². The molecule has 102 valence electrons. The maximum Gasteiger partial charge on any atom is 0.251 e. The van der Waals surface area contributed by atoms with E-state index in [1.807, 2.05) is 19.1 Å². The molecular weight excluding hydrogens is 240 g/mol. The van der Waals surface area contributed by atoms with Crippen LogP contribution in [0.4, 0.5) is 5.69 Å². The Hall–Kier alpha value is -1.84. The summed E-state index contributed by atoms with van der Waals surface area (Å²) in [5.41, 5.74) is 2.53. The van der Waals surface area contributed by atoms with Gasteiger partial charge in [-0.2, -0.15) is 0 Å². The Morgan fingerprint density at radius 2 is 2.21 bits per heavy atom. The molecule has 1 heterocycles. The molecule has 4 nitrogen and oxygen atoms in total. The minimum absolute atomic E-state index is 0.0411. The van der Waals surface area contributed by atoms with Crippen LogP contribution < -0.4 is 10.6 Å². The fraction of sp³-hybridized carbons (Fsp3) is 0.467. The van der Waals surface area contributed by atoms with Crippen molar-refractivity contribution in [2.24, 2.45) is 0 Å². The largest absolute Gasteiger partial charge is 0.350 e. The van der Waals surface area contributed by atoms with Gasteiger partial charge in [-0.1, -0.05) is 13.3 Å². The average Bonchev–Trinajstić information content (AvgIpc) is 2.38. The minimum atomic E-state index is -0.0411. The monoisotopic (exact) mass is 260 g/mol. The number of fused-ring (bicyclic) bond motifs is 1. The summed E-state index contributed by atoms with van der Waals surface area (Å²) in [4.78, 5) is 23.4. The van der Waals surface area contributed by atoms with Gasteiger partial charge in [0.25, 0.3) is 5.91 Å². The van der Waals surface area contributed by atoms with E-state index >= 15 is 0 Å². The van der Waals surface area contributed by atoms with Gasteiger partial charge in [0, 0.05) is 23.7 Å². The number of nitrogens with one attached hydrogen (secondary N) is 2. The summed E-state index contributed by atoms with van der Waals surface area (Å²) < 4.78 is 0. The summed E-state index contributed by atoms with van der Waals surface area (Å²) in [6.07, 6.45) is 3.22. The molecule has 1 aromatic rings. The van der Waals surface area contributed by atoms with Gasteiger partial charge in [0.15, 0.2) is 0 Å². The molecule has 0 bridgehead atoms. The van der Waals surface area contributed by atoms with Crippen LogP contribution in [-0.2, 0) is 11.2 Å². The van der Waals surface area contributed by atoms with Crippen LogP contribution in [0.25, 0.3) is 0 Å². The van der Waals surface area contributed by atoms with E-state index in [2.05, 4.69) is 17.6 Å². The predicted molar refractivity (Wildman–Crippen MR) is 75.2 cm³/mol. The first-order valence-electron chi connectivity index (χ1n) is 6.83. The average molecular weight is 260 g/mol. The first kappa shape index (κ1) is 13.6.